The van der Waals surface area contributed by atoms with E-state index >= 15 is 0 Å². The van der Waals surface area contributed by atoms with E-state index in [2.05, 4.69) is 10.5 Å². The first-order valence-corrected chi connectivity index (χ1v) is 5.59. The molecule has 0 saturated carbocycles. The number of anilines is 1. The van der Waals surface area contributed by atoms with Crippen molar-refractivity contribution in [3.63, 3.8) is 0 Å². The zero-order valence-electron chi connectivity index (χ0n) is 9.85. The molecule has 1 N–H and O–H groups in total. The van der Waals surface area contributed by atoms with Crippen LogP contribution in [0.2, 0.25) is 0 Å². The molecule has 0 atom stereocenters. The minimum Gasteiger partial charge on any atom is -0.278 e. The first-order valence-electron chi connectivity index (χ1n) is 5.59. The van der Waals surface area contributed by atoms with E-state index in [1.807, 2.05) is 0 Å². The maximum absolute atomic E-state index is 12.9. The maximum Gasteiger partial charge on any atom is 0.435 e. The number of rotatable bonds is 3. The lowest BCUT2D eigenvalue weighted by molar-refractivity contribution is -0.0581. The summed E-state index contributed by atoms with van der Waals surface area (Å²) in [5.74, 6) is 0. The number of nitrogens with zero attached hydrogens (tertiary/aromatic N) is 1. The molecule has 0 saturated heterocycles. The molecule has 0 aromatic heterocycles. The van der Waals surface area contributed by atoms with E-state index in [-0.39, 0.29) is 5.56 Å². The molecular formula is C14H11F3N2. The van der Waals surface area contributed by atoms with Crippen LogP contribution in [-0.2, 0) is 0 Å². The van der Waals surface area contributed by atoms with Gasteiger partial charge in [-0.3, -0.25) is 5.43 Å². The lowest BCUT2D eigenvalue weighted by Crippen LogP contribution is -2.25. The van der Waals surface area contributed by atoms with E-state index in [1.165, 1.54) is 12.1 Å². The Morgan fingerprint density at radius 3 is 1.89 bits per heavy atom. The van der Waals surface area contributed by atoms with Gasteiger partial charge in [0.05, 0.1) is 5.69 Å². The van der Waals surface area contributed by atoms with Gasteiger partial charge in [-0.15, -0.1) is 0 Å². The average molecular weight is 264 g/mol. The van der Waals surface area contributed by atoms with Crippen LogP contribution in [-0.4, -0.2) is 11.9 Å². The number of alkyl halides is 3. The summed E-state index contributed by atoms with van der Waals surface area (Å²) in [7, 11) is 0. The Hall–Kier alpha value is -2.30. The van der Waals surface area contributed by atoms with Gasteiger partial charge >= 0.3 is 6.18 Å². The highest BCUT2D eigenvalue weighted by Gasteiger charge is 2.37. The molecule has 0 bridgehead atoms. The fourth-order valence-corrected chi connectivity index (χ4v) is 1.52. The summed E-state index contributed by atoms with van der Waals surface area (Å²) in [5, 5.41) is 3.48. The Balaban J connectivity index is 2.29. The van der Waals surface area contributed by atoms with Gasteiger partial charge in [-0.1, -0.05) is 48.5 Å². The minimum atomic E-state index is -4.51. The van der Waals surface area contributed by atoms with Gasteiger partial charge in [0.2, 0.25) is 0 Å². The van der Waals surface area contributed by atoms with Gasteiger partial charge in [-0.2, -0.15) is 18.3 Å². The van der Waals surface area contributed by atoms with E-state index in [1.54, 1.807) is 48.5 Å². The topological polar surface area (TPSA) is 24.4 Å². The Morgan fingerprint density at radius 2 is 1.37 bits per heavy atom. The van der Waals surface area contributed by atoms with Crippen molar-refractivity contribution in [1.29, 1.82) is 0 Å². The zero-order chi connectivity index (χ0) is 13.7. The summed E-state index contributed by atoms with van der Waals surface area (Å²) >= 11 is 0. The van der Waals surface area contributed by atoms with E-state index in [9.17, 15) is 13.2 Å². The summed E-state index contributed by atoms with van der Waals surface area (Å²) in [6.07, 6.45) is -4.51. The fraction of sp³-hybridized carbons (Fsp3) is 0.0714. The molecule has 0 aliphatic rings. The van der Waals surface area contributed by atoms with E-state index < -0.39 is 11.9 Å². The molecule has 0 spiro atoms. The van der Waals surface area contributed by atoms with Crippen molar-refractivity contribution in [2.75, 3.05) is 5.43 Å². The van der Waals surface area contributed by atoms with Crippen LogP contribution in [0.15, 0.2) is 65.8 Å². The van der Waals surface area contributed by atoms with Crippen molar-refractivity contribution in [3.05, 3.63) is 66.2 Å². The highest BCUT2D eigenvalue weighted by Crippen LogP contribution is 2.22. The van der Waals surface area contributed by atoms with Crippen LogP contribution in [0.3, 0.4) is 0 Å². The van der Waals surface area contributed by atoms with E-state index in [0.717, 1.165) is 0 Å². The van der Waals surface area contributed by atoms with Crippen molar-refractivity contribution in [1.82, 2.24) is 0 Å². The molecule has 0 unspecified atom stereocenters. The maximum atomic E-state index is 12.9. The van der Waals surface area contributed by atoms with Crippen LogP contribution in [0.1, 0.15) is 5.56 Å². The zero-order valence-corrected chi connectivity index (χ0v) is 9.85. The molecule has 0 aliphatic heterocycles. The molecule has 2 aromatic carbocycles. The Bertz CT molecular complexity index is 548. The highest BCUT2D eigenvalue weighted by molar-refractivity contribution is 6.04. The SMILES string of the molecule is FC(F)(F)/C(=N\Nc1ccccc1)c1ccccc1. The van der Waals surface area contributed by atoms with Gasteiger partial charge < -0.3 is 0 Å². The molecule has 0 aliphatic carbocycles. The molecule has 0 heterocycles. The second-order valence-electron chi connectivity index (χ2n) is 3.80. The lowest BCUT2D eigenvalue weighted by Gasteiger charge is -2.11. The van der Waals surface area contributed by atoms with E-state index in [0.29, 0.717) is 5.69 Å². The number of hydrogen-bond acceptors (Lipinski definition) is 2. The van der Waals surface area contributed by atoms with Gasteiger partial charge in [-0.25, -0.2) is 0 Å². The van der Waals surface area contributed by atoms with Crippen LogP contribution in [0.5, 0.6) is 0 Å². The highest BCUT2D eigenvalue weighted by atomic mass is 19.4. The summed E-state index contributed by atoms with van der Waals surface area (Å²) in [5.41, 5.74) is 2.00. The van der Waals surface area contributed by atoms with Crippen LogP contribution in [0, 0.1) is 0 Å². The first kappa shape index (κ1) is 13.1. The average Bonchev–Trinajstić information content (AvgIpc) is 2.40. The second-order valence-corrected chi connectivity index (χ2v) is 3.80. The van der Waals surface area contributed by atoms with Gasteiger partial charge in [0.1, 0.15) is 0 Å². The quantitative estimate of drug-likeness (QED) is 0.656. The molecule has 98 valence electrons. The number of hydrogen-bond donors (Lipinski definition) is 1. The third kappa shape index (κ3) is 3.58. The number of halogens is 3. The van der Waals surface area contributed by atoms with Crippen LogP contribution in [0.25, 0.3) is 0 Å². The normalized spacial score (nSPS) is 12.3. The molecule has 2 aromatic rings. The van der Waals surface area contributed by atoms with Crippen LogP contribution >= 0.6 is 0 Å². The van der Waals surface area contributed by atoms with Crippen LogP contribution < -0.4 is 5.43 Å². The Morgan fingerprint density at radius 1 is 0.842 bits per heavy atom. The Labute approximate surface area is 108 Å². The number of para-hydroxylation sites is 1. The summed E-state index contributed by atoms with van der Waals surface area (Å²) in [6.45, 7) is 0. The van der Waals surface area contributed by atoms with Crippen molar-refractivity contribution < 1.29 is 13.2 Å². The largest absolute Gasteiger partial charge is 0.435 e. The summed E-state index contributed by atoms with van der Waals surface area (Å²) < 4.78 is 38.8. The standard InChI is InChI=1S/C14H11F3N2/c15-14(16,17)13(11-7-3-1-4-8-11)19-18-12-9-5-2-6-10-12/h1-10,18H/b19-13-. The van der Waals surface area contributed by atoms with E-state index in [4.69, 9.17) is 0 Å². The predicted octanol–water partition coefficient (Wildman–Crippen LogP) is 4.07. The third-order valence-electron chi connectivity index (χ3n) is 2.39. The smallest absolute Gasteiger partial charge is 0.278 e. The number of benzene rings is 2. The monoisotopic (exact) mass is 264 g/mol. The van der Waals surface area contributed by atoms with Crippen LogP contribution in [0.4, 0.5) is 18.9 Å². The second kappa shape index (κ2) is 5.56. The van der Waals surface area contributed by atoms with Crippen molar-refractivity contribution in [3.8, 4) is 0 Å². The van der Waals surface area contributed by atoms with Gasteiger partial charge in [0.25, 0.3) is 0 Å². The third-order valence-corrected chi connectivity index (χ3v) is 2.39. The Kier molecular flexibility index (Phi) is 3.85. The lowest BCUT2D eigenvalue weighted by atomic mass is 10.1. The van der Waals surface area contributed by atoms with Gasteiger partial charge in [-0.05, 0) is 12.1 Å². The molecule has 0 radical (unpaired) electrons. The molecule has 0 amide bonds. The molecule has 0 fully saturated rings. The van der Waals surface area contributed by atoms with Gasteiger partial charge in [0, 0.05) is 5.56 Å². The summed E-state index contributed by atoms with van der Waals surface area (Å²) in [4.78, 5) is 0. The first-order chi connectivity index (χ1) is 9.07. The number of nitrogens with one attached hydrogen (secondary N) is 1. The van der Waals surface area contributed by atoms with Gasteiger partial charge in [0.15, 0.2) is 5.71 Å². The molecular weight excluding hydrogens is 253 g/mol. The molecule has 2 rings (SSSR count). The predicted molar refractivity (Wildman–Crippen MR) is 69.1 cm³/mol. The molecule has 19 heavy (non-hydrogen) atoms. The number of hydrazone groups is 1. The fourth-order valence-electron chi connectivity index (χ4n) is 1.52. The summed E-state index contributed by atoms with van der Waals surface area (Å²) in [6, 6.07) is 16.0. The minimum absolute atomic E-state index is 0.0263. The molecule has 5 heteroatoms. The van der Waals surface area contributed by atoms with Crippen molar-refractivity contribution in [2.45, 2.75) is 6.18 Å². The molecule has 2 nitrogen and oxygen atoms in total. The van der Waals surface area contributed by atoms with Crippen molar-refractivity contribution >= 4 is 11.4 Å². The van der Waals surface area contributed by atoms with Crippen molar-refractivity contribution in [2.24, 2.45) is 5.10 Å².